The Morgan fingerprint density at radius 2 is 1.38 bits per heavy atom. The van der Waals surface area contributed by atoms with Gasteiger partial charge in [0.25, 0.3) is 0 Å². The van der Waals surface area contributed by atoms with Crippen molar-refractivity contribution in [2.75, 3.05) is 11.5 Å². The molecule has 7 heteroatoms. The molecule has 58 heavy (non-hydrogen) atoms. The Morgan fingerprint density at radius 3 is 1.74 bits per heavy atom. The molecule has 1 aliphatic carbocycles. The molecule has 2 aliphatic rings. The van der Waals surface area contributed by atoms with Crippen molar-refractivity contribution in [1.82, 2.24) is 9.97 Å². The fourth-order valence-corrected chi connectivity index (χ4v) is 7.48. The maximum atomic E-state index is 17.4. The summed E-state index contributed by atoms with van der Waals surface area (Å²) in [5.41, 5.74) is 13.3. The van der Waals surface area contributed by atoms with Crippen LogP contribution in [0.3, 0.4) is 0 Å². The van der Waals surface area contributed by atoms with E-state index in [1.165, 1.54) is 44.9 Å². The van der Waals surface area contributed by atoms with Crippen LogP contribution >= 0.6 is 0 Å². The molecule has 0 radical (unpaired) electrons. The molecule has 0 spiro atoms. The Morgan fingerprint density at radius 1 is 0.845 bits per heavy atom. The second kappa shape index (κ2) is 26.8. The molecule has 1 aromatic carbocycles. The molecule has 6 nitrogen and oxygen atoms in total. The van der Waals surface area contributed by atoms with E-state index in [9.17, 15) is 5.11 Å². The number of ether oxygens (including phenoxy) is 1. The van der Waals surface area contributed by atoms with Crippen LogP contribution in [0, 0.1) is 11.2 Å². The summed E-state index contributed by atoms with van der Waals surface area (Å²) in [4.78, 5) is 12.2. The van der Waals surface area contributed by atoms with E-state index in [2.05, 4.69) is 73.8 Å². The highest BCUT2D eigenvalue weighted by atomic mass is 19.1. The summed E-state index contributed by atoms with van der Waals surface area (Å²) in [6, 6.07) is 0.729. The zero-order chi connectivity index (χ0) is 44.2. The number of aromatic nitrogens is 2. The minimum atomic E-state index is -0.458. The SMILES string of the molecule is C=C(C(=C(C)\C(C)=C/C)/C(C)=C(\C)N)c1c(CC)c(CO)c2c(N3C(CC)CCC3CC)nc(OCC3(CC)CC3)nc2c1F.CCCC.CCCC.CCCCC. The number of anilines is 1. The van der Waals surface area contributed by atoms with E-state index in [1.54, 1.807) is 0 Å². The number of unbranched alkanes of at least 4 members (excludes halogenated alkanes) is 4. The first-order valence-corrected chi connectivity index (χ1v) is 23.2. The van der Waals surface area contributed by atoms with Crippen LogP contribution in [0.4, 0.5) is 10.2 Å². The van der Waals surface area contributed by atoms with Gasteiger partial charge in [-0.2, -0.15) is 9.97 Å². The van der Waals surface area contributed by atoms with Gasteiger partial charge in [0.1, 0.15) is 11.3 Å². The van der Waals surface area contributed by atoms with Gasteiger partial charge in [0.15, 0.2) is 5.82 Å². The fraction of sp³-hybridized carbons (Fsp3) is 0.686. The van der Waals surface area contributed by atoms with E-state index >= 15 is 4.39 Å². The van der Waals surface area contributed by atoms with E-state index < -0.39 is 5.82 Å². The van der Waals surface area contributed by atoms with Crippen molar-refractivity contribution in [1.29, 1.82) is 0 Å². The molecule has 1 saturated carbocycles. The first-order chi connectivity index (χ1) is 27.7. The lowest BCUT2D eigenvalue weighted by atomic mass is 9.82. The Labute approximate surface area is 356 Å². The van der Waals surface area contributed by atoms with Gasteiger partial charge in [0, 0.05) is 28.8 Å². The van der Waals surface area contributed by atoms with Gasteiger partial charge >= 0.3 is 6.01 Å². The van der Waals surface area contributed by atoms with E-state index in [4.69, 9.17) is 20.4 Å². The normalized spacial score (nSPS) is 17.9. The Balaban J connectivity index is 0.00000112. The molecule has 2 aromatic rings. The zero-order valence-electron chi connectivity index (χ0n) is 40.1. The number of rotatable bonds is 17. The van der Waals surface area contributed by atoms with Gasteiger partial charge in [-0.1, -0.05) is 132 Å². The number of benzene rings is 1. The van der Waals surface area contributed by atoms with Gasteiger partial charge in [-0.15, -0.1) is 0 Å². The molecule has 0 bridgehead atoms. The van der Waals surface area contributed by atoms with Crippen LogP contribution in [0.25, 0.3) is 16.5 Å². The molecular formula is C51H87FN4O2. The summed E-state index contributed by atoms with van der Waals surface area (Å²) >= 11 is 0. The van der Waals surface area contributed by atoms with Gasteiger partial charge in [-0.05, 0) is 119 Å². The highest BCUT2D eigenvalue weighted by Gasteiger charge is 2.42. The standard InChI is InChI=1S/C38H55FN4O2.C5H12.2C4H10/c1-11-22(6)23(7)31(24(8)26(10)40)25(9)32-29(14-4)30(20-44)33-35(34(32)39)41-37(45-21-38(15-5)18-19-38)42-36(33)43-27(12-2)16-17-28(43)13-3;1-3-5-4-2;2*1-3-4-2/h11,27-28,44H,9,12-21,40H2,1-8,10H3;3-5H2,1-2H3;2*3-4H2,1-2H3/b22-11-,26-24+,31-23-;;;. The first-order valence-electron chi connectivity index (χ1n) is 23.2. The molecule has 1 saturated heterocycles. The summed E-state index contributed by atoms with van der Waals surface area (Å²) in [6.45, 7) is 36.3. The summed E-state index contributed by atoms with van der Waals surface area (Å²) in [5.74, 6) is 0.216. The molecule has 0 amide bonds. The number of allylic oxidation sites excluding steroid dienone is 7. The van der Waals surface area contributed by atoms with Crippen LogP contribution in [-0.4, -0.2) is 33.8 Å². The molecule has 3 N–H and O–H groups in total. The Hall–Kier alpha value is -3.19. The zero-order valence-corrected chi connectivity index (χ0v) is 40.1. The lowest BCUT2D eigenvalue weighted by molar-refractivity contribution is 0.214. The lowest BCUT2D eigenvalue weighted by Gasteiger charge is -2.33. The van der Waals surface area contributed by atoms with Gasteiger partial charge in [0.2, 0.25) is 0 Å². The van der Waals surface area contributed by atoms with Gasteiger partial charge in [-0.25, -0.2) is 4.39 Å². The van der Waals surface area contributed by atoms with E-state index in [0.717, 1.165) is 72.8 Å². The predicted octanol–water partition coefficient (Wildman–Crippen LogP) is 14.9. The predicted molar refractivity (Wildman–Crippen MR) is 252 cm³/mol. The molecule has 330 valence electrons. The number of nitrogens with two attached hydrogens (primary N) is 1. The largest absolute Gasteiger partial charge is 0.463 e. The average molecular weight is 807 g/mol. The lowest BCUT2D eigenvalue weighted by Crippen LogP contribution is -2.36. The number of aliphatic hydroxyl groups excluding tert-OH is 1. The highest BCUT2D eigenvalue weighted by Crippen LogP contribution is 2.49. The van der Waals surface area contributed by atoms with Crippen LogP contribution < -0.4 is 15.4 Å². The van der Waals surface area contributed by atoms with Crippen LogP contribution in [-0.2, 0) is 13.0 Å². The molecule has 2 fully saturated rings. The average Bonchev–Trinajstić information content (AvgIpc) is 3.91. The Bertz CT molecular complexity index is 1640. The van der Waals surface area contributed by atoms with Crippen molar-refractivity contribution in [3.63, 3.8) is 0 Å². The van der Waals surface area contributed by atoms with Crippen molar-refractivity contribution < 1.29 is 14.2 Å². The number of fused-ring (bicyclic) bond motifs is 1. The van der Waals surface area contributed by atoms with Crippen LogP contribution in [0.1, 0.15) is 210 Å². The van der Waals surface area contributed by atoms with Crippen molar-refractivity contribution in [3.8, 4) is 6.01 Å². The molecule has 4 rings (SSSR count). The summed E-state index contributed by atoms with van der Waals surface area (Å²) in [7, 11) is 0. The molecule has 1 aromatic heterocycles. The maximum absolute atomic E-state index is 17.4. The van der Waals surface area contributed by atoms with Crippen LogP contribution in [0.15, 0.2) is 40.6 Å². The third kappa shape index (κ3) is 13.7. The van der Waals surface area contributed by atoms with Crippen molar-refractivity contribution in [2.24, 2.45) is 11.1 Å². The quantitative estimate of drug-likeness (QED) is 0.155. The second-order valence-electron chi connectivity index (χ2n) is 16.6. The van der Waals surface area contributed by atoms with Gasteiger partial charge in [0.05, 0.1) is 18.6 Å². The second-order valence-corrected chi connectivity index (χ2v) is 16.6. The summed E-state index contributed by atoms with van der Waals surface area (Å²) < 4.78 is 23.7. The molecule has 1 aliphatic heterocycles. The molecular weight excluding hydrogens is 720 g/mol. The molecule has 2 atom stereocenters. The highest BCUT2D eigenvalue weighted by molar-refractivity contribution is 5.99. The maximum Gasteiger partial charge on any atom is 0.319 e. The van der Waals surface area contributed by atoms with E-state index in [1.807, 2.05) is 47.6 Å². The molecule has 2 heterocycles. The monoisotopic (exact) mass is 807 g/mol. The first kappa shape index (κ1) is 52.8. The Kier molecular flexibility index (Phi) is 24.4. The smallest absolute Gasteiger partial charge is 0.319 e. The van der Waals surface area contributed by atoms with Crippen molar-refractivity contribution in [2.45, 2.75) is 219 Å². The number of hydrogen-bond acceptors (Lipinski definition) is 6. The van der Waals surface area contributed by atoms with Crippen molar-refractivity contribution >= 4 is 22.3 Å². The number of halogens is 1. The number of aliphatic hydroxyl groups is 1. The number of nitrogens with zero attached hydrogens (tertiary/aromatic N) is 3. The minimum absolute atomic E-state index is 0.149. The van der Waals surface area contributed by atoms with Gasteiger partial charge < -0.3 is 20.5 Å². The van der Waals surface area contributed by atoms with E-state index in [0.29, 0.717) is 46.6 Å². The fourth-order valence-electron chi connectivity index (χ4n) is 7.48. The minimum Gasteiger partial charge on any atom is -0.463 e. The van der Waals surface area contributed by atoms with E-state index in [-0.39, 0.29) is 35.6 Å². The van der Waals surface area contributed by atoms with Crippen LogP contribution in [0.2, 0.25) is 0 Å². The number of hydrogen-bond donors (Lipinski definition) is 2. The summed E-state index contributed by atoms with van der Waals surface area (Å²) in [6.07, 6.45) is 19.1. The third-order valence-corrected chi connectivity index (χ3v) is 12.5. The third-order valence-electron chi connectivity index (χ3n) is 12.5. The van der Waals surface area contributed by atoms with Crippen molar-refractivity contribution in [3.05, 3.63) is 63.2 Å². The van der Waals surface area contributed by atoms with Gasteiger partial charge in [-0.3, -0.25) is 0 Å². The van der Waals surface area contributed by atoms with Crippen LogP contribution in [0.5, 0.6) is 6.01 Å². The summed E-state index contributed by atoms with van der Waals surface area (Å²) in [5, 5.41) is 11.6. The topological polar surface area (TPSA) is 84.5 Å². The molecule has 2 unspecified atom stereocenters.